The number of hydrogen-bond donors (Lipinski definition) is 2. The second-order valence-corrected chi connectivity index (χ2v) is 13.0. The molecule has 4 N–H and O–H groups in total. The van der Waals surface area contributed by atoms with Gasteiger partial charge < -0.3 is 34.8 Å². The van der Waals surface area contributed by atoms with Crippen molar-refractivity contribution in [1.82, 2.24) is 14.5 Å². The Morgan fingerprint density at radius 1 is 0.684 bits per heavy atom. The molecule has 0 spiro atoms. The van der Waals surface area contributed by atoms with Gasteiger partial charge in [-0.25, -0.2) is 28.7 Å². The Labute approximate surface area is 324 Å². The number of nitrogens with two attached hydrogens (primary N) is 2. The van der Waals surface area contributed by atoms with Gasteiger partial charge in [-0.3, -0.25) is 0 Å². The van der Waals surface area contributed by atoms with Crippen molar-refractivity contribution < 1.29 is 37.7 Å². The molecule has 0 amide bonds. The summed E-state index contributed by atoms with van der Waals surface area (Å²) in [5.74, 6) is -2.07. The number of aromatic nitrogens is 3. The molecule has 284 valence electrons. The maximum absolute atomic E-state index is 14.2. The van der Waals surface area contributed by atoms with Crippen LogP contribution in [0, 0.1) is 0 Å². The van der Waals surface area contributed by atoms with Crippen LogP contribution >= 0.6 is 0 Å². The van der Waals surface area contributed by atoms with Gasteiger partial charge in [0.15, 0.2) is 24.1 Å². The topological polar surface area (TPSA) is 201 Å². The molecule has 14 nitrogen and oxygen atoms in total. The van der Waals surface area contributed by atoms with Crippen LogP contribution in [0.15, 0.2) is 149 Å². The number of carbonyl (C=O) groups is 3. The van der Waals surface area contributed by atoms with Crippen molar-refractivity contribution in [3.05, 3.63) is 167 Å². The molecule has 57 heavy (non-hydrogen) atoms. The van der Waals surface area contributed by atoms with Gasteiger partial charge in [0.1, 0.15) is 24.3 Å². The Balaban J connectivity index is 1.30. The lowest BCUT2D eigenvalue weighted by Crippen LogP contribution is -2.42. The minimum Gasteiger partial charge on any atom is -0.464 e. The van der Waals surface area contributed by atoms with Crippen molar-refractivity contribution in [3.63, 3.8) is 0 Å². The number of esters is 3. The van der Waals surface area contributed by atoms with Crippen LogP contribution in [0.3, 0.4) is 0 Å². The number of ether oxygens (including phenoxy) is 4. The summed E-state index contributed by atoms with van der Waals surface area (Å²) in [5.41, 5.74) is 14.1. The van der Waals surface area contributed by atoms with Crippen molar-refractivity contribution in [2.75, 3.05) is 18.1 Å². The van der Waals surface area contributed by atoms with Gasteiger partial charge in [0.25, 0.3) is 0 Å². The van der Waals surface area contributed by atoms with Gasteiger partial charge in [0, 0.05) is 16.8 Å². The number of nitrogen functional groups attached to an aromatic ring is 2. The minimum absolute atomic E-state index is 0.0194. The fraction of sp³-hybridized carbons (Fsp3) is 0.116. The van der Waals surface area contributed by atoms with Gasteiger partial charge in [-0.05, 0) is 66.7 Å². The van der Waals surface area contributed by atoms with Gasteiger partial charge >= 0.3 is 23.6 Å². The zero-order valence-electron chi connectivity index (χ0n) is 30.0. The van der Waals surface area contributed by atoms with Crippen molar-refractivity contribution in [1.29, 1.82) is 0 Å². The van der Waals surface area contributed by atoms with Gasteiger partial charge in [-0.1, -0.05) is 66.7 Å². The standard InChI is InChI=1S/C43H33N5O9/c44-29-20-18-25(19-21-29)31-23-30(32-17-10-22-53-32)34-37(45)47-43(52)48(38(34)46-31)39-36(57-42(51)28-15-8-3-9-16-28)35(56-41(50)27-13-6-2-7-14-27)33(55-39)24-54-40(49)26-11-4-1-5-12-26/h1-23,33,35-36,39H,24,44H2,(H2,45,47,52)/t33-,35-,36-,39-/m1/s1. The first kappa shape index (κ1) is 36.4. The van der Waals surface area contributed by atoms with E-state index >= 15 is 0 Å². The Hall–Kier alpha value is -7.58. The minimum atomic E-state index is -1.56. The molecular formula is C43H33N5O9. The largest absolute Gasteiger partial charge is 0.464 e. The first-order valence-corrected chi connectivity index (χ1v) is 17.8. The maximum Gasteiger partial charge on any atom is 0.353 e. The number of fused-ring (bicyclic) bond motifs is 1. The molecule has 4 aromatic carbocycles. The van der Waals surface area contributed by atoms with E-state index in [0.29, 0.717) is 28.3 Å². The number of pyridine rings is 1. The Bertz CT molecular complexity index is 2620. The Kier molecular flexibility index (Phi) is 9.99. The van der Waals surface area contributed by atoms with Crippen LogP contribution in [0.25, 0.3) is 33.6 Å². The SMILES string of the molecule is Nc1ccc(-c2cc(-c3ccco3)c3c(N)nc(=O)n([C@@H]4O[C@H](COC(=O)c5ccccc5)[C@@H](OC(=O)c5ccccc5)[C@H]4OC(=O)c4ccccc4)c3n2)cc1. The van der Waals surface area contributed by atoms with Crippen LogP contribution in [0.1, 0.15) is 37.3 Å². The third-order valence-corrected chi connectivity index (χ3v) is 9.33. The van der Waals surface area contributed by atoms with Crippen LogP contribution in [0.2, 0.25) is 0 Å². The van der Waals surface area contributed by atoms with Crippen LogP contribution in [-0.4, -0.2) is 57.4 Å². The van der Waals surface area contributed by atoms with E-state index in [2.05, 4.69) is 4.98 Å². The van der Waals surface area contributed by atoms with E-state index < -0.39 is 54.7 Å². The van der Waals surface area contributed by atoms with Crippen molar-refractivity contribution in [2.24, 2.45) is 0 Å². The van der Waals surface area contributed by atoms with E-state index in [0.717, 1.165) is 4.57 Å². The summed E-state index contributed by atoms with van der Waals surface area (Å²) >= 11 is 0. The molecule has 0 saturated carbocycles. The molecule has 0 bridgehead atoms. The molecule has 14 heteroatoms. The van der Waals surface area contributed by atoms with E-state index in [4.69, 9.17) is 39.8 Å². The van der Waals surface area contributed by atoms with Crippen molar-refractivity contribution in [3.8, 4) is 22.6 Å². The highest BCUT2D eigenvalue weighted by atomic mass is 16.7. The fourth-order valence-corrected chi connectivity index (χ4v) is 6.58. The zero-order chi connectivity index (χ0) is 39.5. The van der Waals surface area contributed by atoms with Gasteiger partial charge in [-0.15, -0.1) is 0 Å². The van der Waals surface area contributed by atoms with Crippen LogP contribution in [0.4, 0.5) is 11.5 Å². The summed E-state index contributed by atoms with van der Waals surface area (Å²) in [5, 5.41) is 0.220. The van der Waals surface area contributed by atoms with E-state index in [1.165, 1.54) is 6.26 Å². The fourth-order valence-electron chi connectivity index (χ4n) is 6.58. The van der Waals surface area contributed by atoms with Crippen molar-refractivity contribution >= 4 is 40.4 Å². The molecule has 7 aromatic rings. The summed E-state index contributed by atoms with van der Waals surface area (Å²) in [6.07, 6.45) is -4.34. The Morgan fingerprint density at radius 3 is 1.84 bits per heavy atom. The van der Waals surface area contributed by atoms with E-state index in [1.807, 2.05) is 0 Å². The average molecular weight is 764 g/mol. The first-order chi connectivity index (χ1) is 27.7. The number of hydrogen-bond acceptors (Lipinski definition) is 13. The molecule has 1 saturated heterocycles. The second kappa shape index (κ2) is 15.6. The van der Waals surface area contributed by atoms with E-state index in [1.54, 1.807) is 133 Å². The smallest absolute Gasteiger partial charge is 0.353 e. The highest BCUT2D eigenvalue weighted by Crippen LogP contribution is 2.39. The number of carbonyl (C=O) groups excluding carboxylic acids is 3. The van der Waals surface area contributed by atoms with Crippen molar-refractivity contribution in [2.45, 2.75) is 24.5 Å². The molecule has 8 rings (SSSR count). The van der Waals surface area contributed by atoms with Gasteiger partial charge in [-0.2, -0.15) is 4.98 Å². The van der Waals surface area contributed by atoms with E-state index in [-0.39, 0.29) is 33.5 Å². The maximum atomic E-state index is 14.2. The predicted molar refractivity (Wildman–Crippen MR) is 208 cm³/mol. The first-order valence-electron chi connectivity index (χ1n) is 17.8. The highest BCUT2D eigenvalue weighted by Gasteiger charge is 2.52. The highest BCUT2D eigenvalue weighted by molar-refractivity contribution is 6.00. The summed E-state index contributed by atoms with van der Waals surface area (Å²) in [6.45, 7) is -0.479. The quantitative estimate of drug-likeness (QED) is 0.0922. The lowest BCUT2D eigenvalue weighted by atomic mass is 10.0. The molecule has 1 fully saturated rings. The normalized spacial score (nSPS) is 17.5. The monoisotopic (exact) mass is 763 g/mol. The third kappa shape index (κ3) is 7.44. The Morgan fingerprint density at radius 2 is 1.26 bits per heavy atom. The predicted octanol–water partition coefficient (Wildman–Crippen LogP) is 6.09. The third-order valence-electron chi connectivity index (χ3n) is 9.33. The summed E-state index contributed by atoms with van der Waals surface area (Å²) in [7, 11) is 0. The lowest BCUT2D eigenvalue weighted by molar-refractivity contribution is -0.0622. The molecule has 4 heterocycles. The second-order valence-electron chi connectivity index (χ2n) is 13.0. The molecule has 1 aliphatic heterocycles. The number of anilines is 2. The molecule has 4 atom stereocenters. The van der Waals surface area contributed by atoms with Crippen LogP contribution in [-0.2, 0) is 18.9 Å². The zero-order valence-corrected chi connectivity index (χ0v) is 30.0. The number of benzene rings is 4. The van der Waals surface area contributed by atoms with Gasteiger partial charge in [0.2, 0.25) is 0 Å². The molecule has 1 aliphatic rings. The molecule has 3 aromatic heterocycles. The molecule has 0 radical (unpaired) electrons. The molecule has 0 unspecified atom stereocenters. The van der Waals surface area contributed by atoms with Crippen LogP contribution < -0.4 is 17.2 Å². The average Bonchev–Trinajstić information content (AvgIpc) is 3.89. The summed E-state index contributed by atoms with van der Waals surface area (Å²) in [4.78, 5) is 64.0. The summed E-state index contributed by atoms with van der Waals surface area (Å²) < 4.78 is 31.3. The number of furan rings is 1. The van der Waals surface area contributed by atoms with E-state index in [9.17, 15) is 19.2 Å². The van der Waals surface area contributed by atoms with Crippen LogP contribution in [0.5, 0.6) is 0 Å². The summed E-state index contributed by atoms with van der Waals surface area (Å²) in [6, 6.07) is 36.6. The number of nitrogens with zero attached hydrogens (tertiary/aromatic N) is 3. The molecular weight excluding hydrogens is 730 g/mol. The van der Waals surface area contributed by atoms with Gasteiger partial charge in [0.05, 0.1) is 34.0 Å². The lowest BCUT2D eigenvalue weighted by Gasteiger charge is -2.26. The molecule has 0 aliphatic carbocycles. The number of rotatable bonds is 10.